The van der Waals surface area contributed by atoms with Gasteiger partial charge in [-0.25, -0.2) is 0 Å². The predicted molar refractivity (Wildman–Crippen MR) is 66.8 cm³/mol. The maximum Gasteiger partial charge on any atom is 0.322 e. The van der Waals surface area contributed by atoms with E-state index in [2.05, 4.69) is 10.6 Å². The van der Waals surface area contributed by atoms with E-state index in [0.29, 0.717) is 6.42 Å². The Morgan fingerprint density at radius 1 is 1.24 bits per heavy atom. The molecule has 0 rings (SSSR count). The van der Waals surface area contributed by atoms with E-state index in [1.165, 1.54) is 0 Å². The molecule has 0 bridgehead atoms. The fourth-order valence-electron chi connectivity index (χ4n) is 1.38. The minimum Gasteiger partial charge on any atom is -0.480 e. The molecule has 0 aromatic rings. The molecule has 0 unspecified atom stereocenters. The van der Waals surface area contributed by atoms with Crippen molar-refractivity contribution in [3.8, 4) is 0 Å². The number of rotatable bonds is 6. The average Bonchev–Trinajstić information content (AvgIpc) is 2.08. The molecule has 3 N–H and O–H groups in total. The van der Waals surface area contributed by atoms with Gasteiger partial charge in [0.05, 0.1) is 0 Å². The Labute approximate surface area is 103 Å². The van der Waals surface area contributed by atoms with Gasteiger partial charge in [0.1, 0.15) is 6.04 Å². The van der Waals surface area contributed by atoms with Crippen molar-refractivity contribution in [1.29, 1.82) is 0 Å². The van der Waals surface area contributed by atoms with Crippen molar-refractivity contribution in [3.63, 3.8) is 0 Å². The van der Waals surface area contributed by atoms with Crippen molar-refractivity contribution in [2.75, 3.05) is 6.54 Å². The van der Waals surface area contributed by atoms with Crippen molar-refractivity contribution in [3.05, 3.63) is 0 Å². The predicted octanol–water partition coefficient (Wildman–Crippen LogP) is 0.990. The molecule has 0 aromatic heterocycles. The maximum atomic E-state index is 11.5. The largest absolute Gasteiger partial charge is 0.480 e. The van der Waals surface area contributed by atoms with Crippen LogP contribution in [0.4, 0.5) is 0 Å². The second-order valence-corrected chi connectivity index (χ2v) is 5.75. The highest BCUT2D eigenvalue weighted by molar-refractivity contribution is 5.78. The molecule has 1 atom stereocenters. The van der Waals surface area contributed by atoms with Crippen molar-refractivity contribution in [2.24, 2.45) is 5.41 Å². The molecule has 0 radical (unpaired) electrons. The lowest BCUT2D eigenvalue weighted by molar-refractivity contribution is -0.139. The fourth-order valence-corrected chi connectivity index (χ4v) is 1.38. The smallest absolute Gasteiger partial charge is 0.322 e. The molecule has 0 aliphatic carbocycles. The van der Waals surface area contributed by atoms with E-state index < -0.39 is 12.0 Å². The summed E-state index contributed by atoms with van der Waals surface area (Å²) in [6, 6.07) is -0.672. The van der Waals surface area contributed by atoms with Crippen LogP contribution in [-0.4, -0.2) is 35.6 Å². The summed E-state index contributed by atoms with van der Waals surface area (Å²) in [6.07, 6.45) is 0.390. The van der Waals surface area contributed by atoms with Gasteiger partial charge in [-0.05, 0) is 5.41 Å². The second-order valence-electron chi connectivity index (χ2n) is 5.75. The van der Waals surface area contributed by atoms with E-state index in [-0.39, 0.29) is 23.9 Å². The van der Waals surface area contributed by atoms with Crippen molar-refractivity contribution in [2.45, 2.75) is 53.1 Å². The Balaban J connectivity index is 4.13. The van der Waals surface area contributed by atoms with Gasteiger partial charge in [0.15, 0.2) is 0 Å². The van der Waals surface area contributed by atoms with Gasteiger partial charge >= 0.3 is 5.97 Å². The molecule has 0 saturated carbocycles. The van der Waals surface area contributed by atoms with Crippen LogP contribution in [0, 0.1) is 5.41 Å². The zero-order valence-electron chi connectivity index (χ0n) is 11.3. The molecule has 0 spiro atoms. The quantitative estimate of drug-likeness (QED) is 0.651. The highest BCUT2D eigenvalue weighted by atomic mass is 16.4. The molecule has 0 saturated heterocycles. The maximum absolute atomic E-state index is 11.5. The summed E-state index contributed by atoms with van der Waals surface area (Å²) in [5.74, 6) is -1.07. The summed E-state index contributed by atoms with van der Waals surface area (Å²) in [6.45, 7) is 9.75. The van der Waals surface area contributed by atoms with E-state index in [9.17, 15) is 9.59 Å². The third kappa shape index (κ3) is 8.68. The van der Waals surface area contributed by atoms with Crippen LogP contribution in [0.1, 0.15) is 41.0 Å². The van der Waals surface area contributed by atoms with E-state index in [1.54, 1.807) is 0 Å². The number of amides is 1. The van der Waals surface area contributed by atoms with E-state index in [1.807, 2.05) is 34.6 Å². The molecule has 0 aliphatic rings. The molecule has 0 aliphatic heterocycles. The van der Waals surface area contributed by atoms with Crippen LogP contribution >= 0.6 is 0 Å². The van der Waals surface area contributed by atoms with Crippen LogP contribution < -0.4 is 10.6 Å². The number of carbonyl (C=O) groups is 2. The average molecular weight is 244 g/mol. The van der Waals surface area contributed by atoms with Crippen LogP contribution in [0.15, 0.2) is 0 Å². The van der Waals surface area contributed by atoms with Crippen molar-refractivity contribution < 1.29 is 14.7 Å². The third-order valence-corrected chi connectivity index (χ3v) is 2.03. The van der Waals surface area contributed by atoms with Gasteiger partial charge in [0, 0.05) is 19.0 Å². The summed E-state index contributed by atoms with van der Waals surface area (Å²) in [7, 11) is 0. The summed E-state index contributed by atoms with van der Waals surface area (Å²) in [5.41, 5.74) is -0.0890. The Morgan fingerprint density at radius 3 is 2.12 bits per heavy atom. The van der Waals surface area contributed by atoms with Gasteiger partial charge in [-0.1, -0.05) is 34.6 Å². The van der Waals surface area contributed by atoms with E-state index >= 15 is 0 Å². The number of nitrogens with one attached hydrogen (secondary N) is 2. The molecule has 100 valence electrons. The van der Waals surface area contributed by atoms with Crippen LogP contribution in [0.2, 0.25) is 0 Å². The minimum absolute atomic E-state index is 0.0654. The number of carbonyl (C=O) groups excluding carboxylic acids is 1. The van der Waals surface area contributed by atoms with Gasteiger partial charge in [-0.15, -0.1) is 0 Å². The molecule has 0 aromatic carbocycles. The lowest BCUT2D eigenvalue weighted by Gasteiger charge is -2.20. The highest BCUT2D eigenvalue weighted by Gasteiger charge is 2.20. The second kappa shape index (κ2) is 6.59. The summed E-state index contributed by atoms with van der Waals surface area (Å²) in [4.78, 5) is 22.5. The first-order chi connectivity index (χ1) is 7.61. The first-order valence-electron chi connectivity index (χ1n) is 5.87. The number of hydrogen-bond donors (Lipinski definition) is 3. The monoisotopic (exact) mass is 244 g/mol. The Hall–Kier alpha value is -1.10. The first-order valence-corrected chi connectivity index (χ1v) is 5.87. The third-order valence-electron chi connectivity index (χ3n) is 2.03. The number of carboxylic acids is 1. The van der Waals surface area contributed by atoms with Gasteiger partial charge in [0.2, 0.25) is 5.91 Å². The standard InChI is InChI=1S/C12H24N2O3/c1-8(2)14-9(11(16)17)7-13-10(15)6-12(3,4)5/h8-9,14H,6-7H2,1-5H3,(H,13,15)(H,16,17)/t9-/m1/s1. The fraction of sp³-hybridized carbons (Fsp3) is 0.833. The van der Waals surface area contributed by atoms with Crippen LogP contribution in [0.25, 0.3) is 0 Å². The summed E-state index contributed by atoms with van der Waals surface area (Å²) in [5, 5.41) is 14.5. The SMILES string of the molecule is CC(C)N[C@H](CNC(=O)CC(C)(C)C)C(=O)O. The van der Waals surface area contributed by atoms with Gasteiger partial charge in [-0.3, -0.25) is 9.59 Å². The lowest BCUT2D eigenvalue weighted by Crippen LogP contribution is -2.48. The Kier molecular flexibility index (Phi) is 6.16. The van der Waals surface area contributed by atoms with Crippen molar-refractivity contribution in [1.82, 2.24) is 10.6 Å². The van der Waals surface area contributed by atoms with Crippen LogP contribution in [0.3, 0.4) is 0 Å². The molecule has 5 heteroatoms. The molecule has 0 heterocycles. The first kappa shape index (κ1) is 15.9. The minimum atomic E-state index is -0.949. The summed E-state index contributed by atoms with van der Waals surface area (Å²) >= 11 is 0. The molecule has 17 heavy (non-hydrogen) atoms. The van der Waals surface area contributed by atoms with Crippen molar-refractivity contribution >= 4 is 11.9 Å². The number of hydrogen-bond acceptors (Lipinski definition) is 3. The Bertz CT molecular complexity index is 269. The molecular formula is C12H24N2O3. The van der Waals surface area contributed by atoms with Gasteiger partial charge < -0.3 is 15.7 Å². The molecular weight excluding hydrogens is 220 g/mol. The van der Waals surface area contributed by atoms with E-state index in [4.69, 9.17) is 5.11 Å². The summed E-state index contributed by atoms with van der Waals surface area (Å²) < 4.78 is 0. The Morgan fingerprint density at radius 2 is 1.76 bits per heavy atom. The van der Waals surface area contributed by atoms with Crippen LogP contribution in [0.5, 0.6) is 0 Å². The van der Waals surface area contributed by atoms with Gasteiger partial charge in [-0.2, -0.15) is 0 Å². The zero-order chi connectivity index (χ0) is 13.6. The normalized spacial score (nSPS) is 13.5. The number of carboxylic acid groups (broad SMARTS) is 1. The van der Waals surface area contributed by atoms with E-state index in [0.717, 1.165) is 0 Å². The molecule has 5 nitrogen and oxygen atoms in total. The van der Waals surface area contributed by atoms with Crippen LogP contribution in [-0.2, 0) is 9.59 Å². The molecule has 1 amide bonds. The number of aliphatic carboxylic acids is 1. The zero-order valence-corrected chi connectivity index (χ0v) is 11.3. The molecule has 0 fully saturated rings. The highest BCUT2D eigenvalue weighted by Crippen LogP contribution is 2.17. The van der Waals surface area contributed by atoms with Gasteiger partial charge in [0.25, 0.3) is 0 Å². The lowest BCUT2D eigenvalue weighted by atomic mass is 9.92. The topological polar surface area (TPSA) is 78.4 Å².